The second kappa shape index (κ2) is 6.35. The molecule has 0 spiro atoms. The molecule has 112 valence electrons. The molecule has 0 unspecified atom stereocenters. The minimum Gasteiger partial charge on any atom is -0.496 e. The van der Waals surface area contributed by atoms with Crippen LogP contribution in [-0.4, -0.2) is 33.4 Å². The maximum Gasteiger partial charge on any atom is 0.224 e. The SMILES string of the molecule is COc1ccc(-c2c(OC)cc(C)cc2OC)c(OC)n1. The number of hydrogen-bond donors (Lipinski definition) is 0. The maximum absolute atomic E-state index is 5.48. The molecule has 0 N–H and O–H groups in total. The van der Waals surface area contributed by atoms with Gasteiger partial charge in [-0.3, -0.25) is 0 Å². The average molecular weight is 289 g/mol. The van der Waals surface area contributed by atoms with E-state index < -0.39 is 0 Å². The van der Waals surface area contributed by atoms with Crippen LogP contribution in [0, 0.1) is 6.92 Å². The van der Waals surface area contributed by atoms with Gasteiger partial charge in [-0.2, -0.15) is 4.98 Å². The van der Waals surface area contributed by atoms with Crippen molar-refractivity contribution in [1.29, 1.82) is 0 Å². The summed E-state index contributed by atoms with van der Waals surface area (Å²) in [4.78, 5) is 4.30. The van der Waals surface area contributed by atoms with Crippen molar-refractivity contribution < 1.29 is 18.9 Å². The highest BCUT2D eigenvalue weighted by Gasteiger charge is 2.19. The Labute approximate surface area is 124 Å². The highest BCUT2D eigenvalue weighted by atomic mass is 16.5. The van der Waals surface area contributed by atoms with Crippen molar-refractivity contribution in [2.45, 2.75) is 6.92 Å². The van der Waals surface area contributed by atoms with Gasteiger partial charge in [0.15, 0.2) is 0 Å². The van der Waals surface area contributed by atoms with E-state index in [2.05, 4.69) is 4.98 Å². The smallest absolute Gasteiger partial charge is 0.224 e. The molecular weight excluding hydrogens is 270 g/mol. The fourth-order valence-electron chi connectivity index (χ4n) is 2.19. The minimum absolute atomic E-state index is 0.454. The topological polar surface area (TPSA) is 49.8 Å². The van der Waals surface area contributed by atoms with Gasteiger partial charge in [0.2, 0.25) is 11.8 Å². The Morgan fingerprint density at radius 2 is 1.43 bits per heavy atom. The van der Waals surface area contributed by atoms with Gasteiger partial charge >= 0.3 is 0 Å². The standard InChI is InChI=1S/C16H19NO4/c1-10-8-12(18-2)15(13(9-10)19-3)11-6-7-14(20-4)17-16(11)21-5/h6-9H,1-5H3. The van der Waals surface area contributed by atoms with E-state index in [1.54, 1.807) is 34.5 Å². The molecule has 2 aromatic rings. The number of aryl methyl sites for hydroxylation is 1. The number of rotatable bonds is 5. The lowest BCUT2D eigenvalue weighted by Gasteiger charge is -2.16. The summed E-state index contributed by atoms with van der Waals surface area (Å²) in [6, 6.07) is 7.54. The molecule has 0 saturated heterocycles. The van der Waals surface area contributed by atoms with Crippen molar-refractivity contribution in [3.8, 4) is 34.4 Å². The highest BCUT2D eigenvalue weighted by molar-refractivity contribution is 5.80. The van der Waals surface area contributed by atoms with Crippen molar-refractivity contribution in [2.75, 3.05) is 28.4 Å². The summed E-state index contributed by atoms with van der Waals surface area (Å²) in [6.45, 7) is 1.98. The van der Waals surface area contributed by atoms with E-state index >= 15 is 0 Å². The number of methoxy groups -OCH3 is 4. The number of pyridine rings is 1. The third kappa shape index (κ3) is 2.86. The van der Waals surface area contributed by atoms with Crippen LogP contribution in [0.15, 0.2) is 24.3 Å². The summed E-state index contributed by atoms with van der Waals surface area (Å²) in [6.07, 6.45) is 0. The Morgan fingerprint density at radius 1 is 0.810 bits per heavy atom. The second-order valence-electron chi connectivity index (χ2n) is 4.45. The van der Waals surface area contributed by atoms with E-state index in [4.69, 9.17) is 18.9 Å². The average Bonchev–Trinajstić information content (AvgIpc) is 2.53. The van der Waals surface area contributed by atoms with E-state index in [1.165, 1.54) is 0 Å². The van der Waals surface area contributed by atoms with Gasteiger partial charge in [-0.1, -0.05) is 0 Å². The first kappa shape index (κ1) is 15.0. The first-order chi connectivity index (χ1) is 10.1. The van der Waals surface area contributed by atoms with Crippen molar-refractivity contribution in [2.24, 2.45) is 0 Å². The predicted octanol–water partition coefficient (Wildman–Crippen LogP) is 3.09. The van der Waals surface area contributed by atoms with Crippen LogP contribution in [-0.2, 0) is 0 Å². The zero-order valence-electron chi connectivity index (χ0n) is 12.9. The van der Waals surface area contributed by atoms with E-state index in [9.17, 15) is 0 Å². The van der Waals surface area contributed by atoms with Crippen molar-refractivity contribution >= 4 is 0 Å². The molecule has 5 heteroatoms. The molecule has 0 aliphatic carbocycles. The first-order valence-corrected chi connectivity index (χ1v) is 6.46. The molecule has 0 aliphatic heterocycles. The lowest BCUT2D eigenvalue weighted by Crippen LogP contribution is -1.99. The van der Waals surface area contributed by atoms with Gasteiger partial charge in [0.1, 0.15) is 11.5 Å². The molecule has 1 heterocycles. The first-order valence-electron chi connectivity index (χ1n) is 6.46. The fourth-order valence-corrected chi connectivity index (χ4v) is 2.19. The molecule has 0 bridgehead atoms. The van der Waals surface area contributed by atoms with Crippen LogP contribution < -0.4 is 18.9 Å². The maximum atomic E-state index is 5.48. The van der Waals surface area contributed by atoms with Gasteiger partial charge in [-0.25, -0.2) is 0 Å². The van der Waals surface area contributed by atoms with Crippen LogP contribution in [0.5, 0.6) is 23.3 Å². The quantitative estimate of drug-likeness (QED) is 0.846. The molecular formula is C16H19NO4. The zero-order chi connectivity index (χ0) is 15.4. The molecule has 2 rings (SSSR count). The molecule has 0 aliphatic rings. The highest BCUT2D eigenvalue weighted by Crippen LogP contribution is 2.43. The summed E-state index contributed by atoms with van der Waals surface area (Å²) < 4.78 is 21.5. The Kier molecular flexibility index (Phi) is 4.52. The third-order valence-electron chi connectivity index (χ3n) is 3.16. The van der Waals surface area contributed by atoms with Crippen LogP contribution in [0.1, 0.15) is 5.56 Å². The van der Waals surface area contributed by atoms with Crippen LogP contribution in [0.4, 0.5) is 0 Å². The molecule has 0 radical (unpaired) electrons. The minimum atomic E-state index is 0.454. The number of nitrogens with zero attached hydrogens (tertiary/aromatic N) is 1. The summed E-state index contributed by atoms with van der Waals surface area (Å²) in [5, 5.41) is 0. The van der Waals surface area contributed by atoms with Gasteiger partial charge in [0.05, 0.1) is 39.6 Å². The van der Waals surface area contributed by atoms with Gasteiger partial charge in [0.25, 0.3) is 0 Å². The van der Waals surface area contributed by atoms with Crippen LogP contribution in [0.3, 0.4) is 0 Å². The molecule has 0 fully saturated rings. The predicted molar refractivity (Wildman–Crippen MR) is 80.6 cm³/mol. The lowest BCUT2D eigenvalue weighted by atomic mass is 10.0. The van der Waals surface area contributed by atoms with E-state index in [1.807, 2.05) is 25.1 Å². The molecule has 0 amide bonds. The van der Waals surface area contributed by atoms with Gasteiger partial charge in [-0.05, 0) is 30.7 Å². The second-order valence-corrected chi connectivity index (χ2v) is 4.45. The Bertz CT molecular complexity index is 615. The van der Waals surface area contributed by atoms with E-state index in [0.717, 1.165) is 16.7 Å². The van der Waals surface area contributed by atoms with Crippen molar-refractivity contribution in [3.05, 3.63) is 29.8 Å². The van der Waals surface area contributed by atoms with E-state index in [0.29, 0.717) is 23.3 Å². The molecule has 0 saturated carbocycles. The third-order valence-corrected chi connectivity index (χ3v) is 3.16. The zero-order valence-corrected chi connectivity index (χ0v) is 12.9. The van der Waals surface area contributed by atoms with Crippen molar-refractivity contribution in [3.63, 3.8) is 0 Å². The molecule has 1 aromatic carbocycles. The summed E-state index contributed by atoms with van der Waals surface area (Å²) in [7, 11) is 6.38. The van der Waals surface area contributed by atoms with Gasteiger partial charge < -0.3 is 18.9 Å². The largest absolute Gasteiger partial charge is 0.496 e. The van der Waals surface area contributed by atoms with Gasteiger partial charge in [-0.15, -0.1) is 0 Å². The molecule has 21 heavy (non-hydrogen) atoms. The summed E-state index contributed by atoms with van der Waals surface area (Å²) in [5.41, 5.74) is 2.64. The molecule has 0 atom stereocenters. The fraction of sp³-hybridized carbons (Fsp3) is 0.312. The Morgan fingerprint density at radius 3 is 1.90 bits per heavy atom. The van der Waals surface area contributed by atoms with Crippen LogP contribution in [0.2, 0.25) is 0 Å². The number of benzene rings is 1. The number of aromatic nitrogens is 1. The van der Waals surface area contributed by atoms with Gasteiger partial charge in [0, 0.05) is 6.07 Å². The van der Waals surface area contributed by atoms with E-state index in [-0.39, 0.29) is 0 Å². The lowest BCUT2D eigenvalue weighted by molar-refractivity contribution is 0.364. The molecule has 1 aromatic heterocycles. The van der Waals surface area contributed by atoms with Crippen LogP contribution >= 0.6 is 0 Å². The number of hydrogen-bond acceptors (Lipinski definition) is 5. The normalized spacial score (nSPS) is 10.1. The monoisotopic (exact) mass is 289 g/mol. The molecule has 5 nitrogen and oxygen atoms in total. The number of ether oxygens (including phenoxy) is 4. The summed E-state index contributed by atoms with van der Waals surface area (Å²) in [5.74, 6) is 2.35. The Balaban J connectivity index is 2.71. The van der Waals surface area contributed by atoms with Crippen molar-refractivity contribution in [1.82, 2.24) is 4.98 Å². The Hall–Kier alpha value is -2.43. The van der Waals surface area contributed by atoms with Crippen LogP contribution in [0.25, 0.3) is 11.1 Å². The summed E-state index contributed by atoms with van der Waals surface area (Å²) >= 11 is 0.